The Morgan fingerprint density at radius 3 is 2.00 bits per heavy atom. The number of anilines is 1. The molecule has 3 rings (SSSR count). The molecule has 0 spiro atoms. The van der Waals surface area contributed by atoms with Gasteiger partial charge in [-0.05, 0) is 75.2 Å². The van der Waals surface area contributed by atoms with Gasteiger partial charge in [0.25, 0.3) is 10.0 Å². The number of sulfonamides is 1. The van der Waals surface area contributed by atoms with E-state index in [4.69, 9.17) is 30.5 Å². The average Bonchev–Trinajstić information content (AvgIpc) is 3.02. The number of hydrogen-bond donors (Lipinski definition) is 1. The molecule has 0 saturated carbocycles. The minimum absolute atomic E-state index is 0.0236. The van der Waals surface area contributed by atoms with E-state index < -0.39 is 34.1 Å². The number of nitrogens with zero attached hydrogens (tertiary/aromatic N) is 2. The summed E-state index contributed by atoms with van der Waals surface area (Å²) in [4.78, 5) is 29.2. The van der Waals surface area contributed by atoms with Gasteiger partial charge in [0.2, 0.25) is 11.8 Å². The maximum atomic E-state index is 14.4. The van der Waals surface area contributed by atoms with Gasteiger partial charge in [0.05, 0.1) is 39.0 Å². The summed E-state index contributed by atoms with van der Waals surface area (Å²) >= 11 is 6.34. The molecule has 0 heterocycles. The van der Waals surface area contributed by atoms with E-state index in [2.05, 4.69) is 5.32 Å². The third-order valence-corrected chi connectivity index (χ3v) is 9.02. The lowest BCUT2D eigenvalue weighted by atomic mass is 10.1. The summed E-state index contributed by atoms with van der Waals surface area (Å²) in [7, 11) is 1.30. The predicted molar refractivity (Wildman–Crippen MR) is 178 cm³/mol. The number of methoxy groups -OCH3 is 4. The fraction of sp³-hybridized carbons (Fsp3) is 0.394. The lowest BCUT2D eigenvalue weighted by molar-refractivity contribution is -0.141. The Labute approximate surface area is 276 Å². The summed E-state index contributed by atoms with van der Waals surface area (Å²) in [6, 6.07) is 14.7. The Morgan fingerprint density at radius 2 is 1.46 bits per heavy atom. The van der Waals surface area contributed by atoms with Gasteiger partial charge < -0.3 is 29.2 Å². The van der Waals surface area contributed by atoms with Crippen LogP contribution in [0, 0.1) is 0 Å². The van der Waals surface area contributed by atoms with Crippen LogP contribution in [0.2, 0.25) is 5.02 Å². The third-order valence-electron chi connectivity index (χ3n) is 7.03. The number of hydrogen-bond acceptors (Lipinski definition) is 8. The van der Waals surface area contributed by atoms with E-state index in [0.29, 0.717) is 17.1 Å². The maximum absolute atomic E-state index is 14.4. The van der Waals surface area contributed by atoms with Crippen LogP contribution in [0.1, 0.15) is 39.7 Å². The van der Waals surface area contributed by atoms with Crippen molar-refractivity contribution >= 4 is 39.1 Å². The number of rotatable bonds is 14. The largest absolute Gasteiger partial charge is 0.497 e. The van der Waals surface area contributed by atoms with Gasteiger partial charge >= 0.3 is 0 Å². The summed E-state index contributed by atoms with van der Waals surface area (Å²) in [6.45, 7) is 6.67. The van der Waals surface area contributed by atoms with Crippen LogP contribution in [0.5, 0.6) is 23.0 Å². The first kappa shape index (κ1) is 36.3. The molecule has 0 bridgehead atoms. The molecular weight excluding hydrogens is 634 g/mol. The molecule has 0 saturated heterocycles. The van der Waals surface area contributed by atoms with Crippen molar-refractivity contribution in [2.75, 3.05) is 39.3 Å². The van der Waals surface area contributed by atoms with E-state index in [9.17, 15) is 18.0 Å². The number of carbonyl (C=O) groups is 2. The molecule has 0 aliphatic heterocycles. The molecule has 0 aliphatic carbocycles. The topological polar surface area (TPSA) is 124 Å². The van der Waals surface area contributed by atoms with Gasteiger partial charge in [-0.2, -0.15) is 0 Å². The molecule has 13 heteroatoms. The minimum atomic E-state index is -4.46. The van der Waals surface area contributed by atoms with Crippen LogP contribution in [0.15, 0.2) is 65.6 Å². The predicted octanol–water partition coefficient (Wildman–Crippen LogP) is 5.29. The smallest absolute Gasteiger partial charge is 0.265 e. The van der Waals surface area contributed by atoms with Crippen molar-refractivity contribution in [3.8, 4) is 23.0 Å². The van der Waals surface area contributed by atoms with Crippen molar-refractivity contribution < 1.29 is 37.0 Å². The first-order valence-corrected chi connectivity index (χ1v) is 16.3. The molecule has 2 amide bonds. The molecule has 250 valence electrons. The summed E-state index contributed by atoms with van der Waals surface area (Å²) in [5.41, 5.74) is 0.177. The van der Waals surface area contributed by atoms with E-state index >= 15 is 0 Å². The number of nitrogens with one attached hydrogen (secondary N) is 1. The molecule has 46 heavy (non-hydrogen) atoms. The molecule has 3 aromatic rings. The van der Waals surface area contributed by atoms with Crippen LogP contribution < -0.4 is 28.6 Å². The van der Waals surface area contributed by atoms with Gasteiger partial charge in [-0.3, -0.25) is 13.9 Å². The van der Waals surface area contributed by atoms with Crippen molar-refractivity contribution in [3.05, 3.63) is 71.2 Å². The fourth-order valence-electron chi connectivity index (χ4n) is 4.78. The van der Waals surface area contributed by atoms with Crippen molar-refractivity contribution in [2.24, 2.45) is 0 Å². The molecule has 0 radical (unpaired) electrons. The second kappa shape index (κ2) is 15.4. The van der Waals surface area contributed by atoms with E-state index in [0.717, 1.165) is 4.31 Å². The molecule has 0 aromatic heterocycles. The molecular formula is C33H42ClN3O8S. The van der Waals surface area contributed by atoms with Crippen LogP contribution >= 0.6 is 11.6 Å². The summed E-state index contributed by atoms with van der Waals surface area (Å²) in [5, 5.41) is 3.18. The van der Waals surface area contributed by atoms with Crippen LogP contribution in [-0.2, 0) is 26.2 Å². The molecule has 0 fully saturated rings. The third kappa shape index (κ3) is 8.76. The second-order valence-corrected chi connectivity index (χ2v) is 13.7. The van der Waals surface area contributed by atoms with Crippen LogP contribution in [-0.4, -0.2) is 71.7 Å². The average molecular weight is 676 g/mol. The van der Waals surface area contributed by atoms with Gasteiger partial charge in [-0.25, -0.2) is 8.42 Å². The minimum Gasteiger partial charge on any atom is -0.497 e. The first-order valence-electron chi connectivity index (χ1n) is 14.5. The van der Waals surface area contributed by atoms with Crippen molar-refractivity contribution in [1.29, 1.82) is 0 Å². The Kier molecular flexibility index (Phi) is 12.2. The van der Waals surface area contributed by atoms with Crippen molar-refractivity contribution in [1.82, 2.24) is 10.2 Å². The Morgan fingerprint density at radius 1 is 0.848 bits per heavy atom. The summed E-state index contributed by atoms with van der Waals surface area (Å²) < 4.78 is 51.1. The monoisotopic (exact) mass is 675 g/mol. The highest BCUT2D eigenvalue weighted by atomic mass is 35.5. The van der Waals surface area contributed by atoms with Gasteiger partial charge in [0.15, 0.2) is 11.5 Å². The Bertz CT molecular complexity index is 1620. The molecule has 3 aromatic carbocycles. The standard InChI is InChI=1S/C33H42ClN3O8S/c1-9-26(32(39)35-33(2,3)4)36(20-22-10-13-24(42-5)14-11-22)31(38)21-37(27-18-23(34)12-16-28(27)43-6)46(40,41)25-15-17-29(44-7)30(19-25)45-8/h10-19,26H,9,20-21H2,1-8H3,(H,35,39)/t26-/m0/s1. The van der Waals surface area contributed by atoms with Gasteiger partial charge in [-0.1, -0.05) is 30.7 Å². The van der Waals surface area contributed by atoms with Crippen molar-refractivity contribution in [3.63, 3.8) is 0 Å². The molecule has 11 nitrogen and oxygen atoms in total. The maximum Gasteiger partial charge on any atom is 0.265 e. The lowest BCUT2D eigenvalue weighted by Gasteiger charge is -2.35. The lowest BCUT2D eigenvalue weighted by Crippen LogP contribution is -2.55. The quantitative estimate of drug-likeness (QED) is 0.245. The first-order chi connectivity index (χ1) is 21.7. The number of carbonyl (C=O) groups excluding carboxylic acids is 2. The van der Waals surface area contributed by atoms with Crippen LogP contribution in [0.25, 0.3) is 0 Å². The highest BCUT2D eigenvalue weighted by molar-refractivity contribution is 7.92. The number of halogens is 1. The zero-order chi connectivity index (χ0) is 34.2. The molecule has 0 aliphatic rings. The summed E-state index contributed by atoms with van der Waals surface area (Å²) in [5.74, 6) is 0.300. The Balaban J connectivity index is 2.18. The van der Waals surface area contributed by atoms with E-state index in [1.54, 1.807) is 44.4 Å². The second-order valence-electron chi connectivity index (χ2n) is 11.4. The van der Waals surface area contributed by atoms with Crippen LogP contribution in [0.4, 0.5) is 5.69 Å². The van der Waals surface area contributed by atoms with E-state index in [1.807, 2.05) is 20.8 Å². The summed E-state index contributed by atoms with van der Waals surface area (Å²) in [6.07, 6.45) is 0.271. The highest BCUT2D eigenvalue weighted by Gasteiger charge is 2.36. The van der Waals surface area contributed by atoms with E-state index in [-0.39, 0.29) is 46.0 Å². The molecule has 1 N–H and O–H groups in total. The zero-order valence-electron chi connectivity index (χ0n) is 27.4. The van der Waals surface area contributed by atoms with Gasteiger partial charge in [0, 0.05) is 23.2 Å². The number of amides is 2. The zero-order valence-corrected chi connectivity index (χ0v) is 29.0. The van der Waals surface area contributed by atoms with Crippen molar-refractivity contribution in [2.45, 2.75) is 57.1 Å². The SMILES string of the molecule is CC[C@@H](C(=O)NC(C)(C)C)N(Cc1ccc(OC)cc1)C(=O)CN(c1cc(Cl)ccc1OC)S(=O)(=O)c1ccc(OC)c(OC)c1. The molecule has 1 atom stereocenters. The number of ether oxygens (including phenoxy) is 4. The molecule has 0 unspecified atom stereocenters. The normalized spacial score (nSPS) is 12.1. The van der Waals surface area contributed by atoms with Crippen LogP contribution in [0.3, 0.4) is 0 Å². The van der Waals surface area contributed by atoms with Gasteiger partial charge in [-0.15, -0.1) is 0 Å². The fourth-order valence-corrected chi connectivity index (χ4v) is 6.37. The van der Waals surface area contributed by atoms with E-state index in [1.165, 1.54) is 56.6 Å². The Hall–Kier alpha value is -4.16. The highest BCUT2D eigenvalue weighted by Crippen LogP contribution is 2.37. The van der Waals surface area contributed by atoms with Gasteiger partial charge in [0.1, 0.15) is 24.1 Å². The number of benzene rings is 3.